The van der Waals surface area contributed by atoms with Crippen LogP contribution in [-0.2, 0) is 9.59 Å². The summed E-state index contributed by atoms with van der Waals surface area (Å²) in [6, 6.07) is 12.9. The normalized spacial score (nSPS) is 20.6. The molecule has 0 bridgehead atoms. The molecule has 2 atom stereocenters. The molecule has 7 heteroatoms. The number of piperidine rings is 1. The van der Waals surface area contributed by atoms with Gasteiger partial charge < -0.3 is 9.73 Å². The molecule has 1 aromatic carbocycles. The molecule has 2 aromatic rings. The van der Waals surface area contributed by atoms with E-state index in [1.54, 1.807) is 18.2 Å². The van der Waals surface area contributed by atoms with E-state index < -0.39 is 6.04 Å². The lowest BCUT2D eigenvalue weighted by atomic mass is 10.1. The fourth-order valence-electron chi connectivity index (χ4n) is 4.19. The molecule has 0 saturated carbocycles. The average Bonchev–Trinajstić information content (AvgIpc) is 3.46. The van der Waals surface area contributed by atoms with E-state index in [9.17, 15) is 9.59 Å². The zero-order chi connectivity index (χ0) is 20.9. The second-order valence-electron chi connectivity index (χ2n) is 7.90. The molecular formula is C23H28N4O3. The Morgan fingerprint density at radius 3 is 2.57 bits per heavy atom. The van der Waals surface area contributed by atoms with Crippen molar-refractivity contribution in [2.75, 3.05) is 24.6 Å². The lowest BCUT2D eigenvalue weighted by Gasteiger charge is -2.33. The second kappa shape index (κ2) is 9.26. The number of rotatable bonds is 7. The molecule has 0 spiro atoms. The number of carbonyl (C=O) groups excluding carboxylic acids is 2. The van der Waals surface area contributed by atoms with Gasteiger partial charge in [0.05, 0.1) is 18.0 Å². The van der Waals surface area contributed by atoms with Crippen LogP contribution in [0.2, 0.25) is 0 Å². The molecule has 0 aliphatic carbocycles. The van der Waals surface area contributed by atoms with Crippen LogP contribution in [0.15, 0.2) is 58.2 Å². The predicted molar refractivity (Wildman–Crippen MR) is 115 cm³/mol. The van der Waals surface area contributed by atoms with Crippen LogP contribution >= 0.6 is 0 Å². The number of amides is 1. The molecule has 30 heavy (non-hydrogen) atoms. The van der Waals surface area contributed by atoms with Gasteiger partial charge in [-0.2, -0.15) is 5.10 Å². The summed E-state index contributed by atoms with van der Waals surface area (Å²) >= 11 is 0. The molecule has 1 amide bonds. The highest BCUT2D eigenvalue weighted by atomic mass is 16.3. The summed E-state index contributed by atoms with van der Waals surface area (Å²) in [5.41, 5.74) is 1.19. The zero-order valence-corrected chi connectivity index (χ0v) is 17.3. The number of anilines is 1. The molecule has 1 fully saturated rings. The Hall–Kier alpha value is -2.93. The fraction of sp³-hybridized carbons (Fsp3) is 0.435. The number of para-hydroxylation sites is 1. The monoisotopic (exact) mass is 408 g/mol. The number of hydrazone groups is 1. The molecule has 1 aromatic heterocycles. The number of benzene rings is 1. The molecule has 1 saturated heterocycles. The van der Waals surface area contributed by atoms with E-state index in [1.807, 2.05) is 42.5 Å². The third-order valence-electron chi connectivity index (χ3n) is 5.82. The number of nitrogens with one attached hydrogen (secondary N) is 1. The van der Waals surface area contributed by atoms with Gasteiger partial charge in [-0.25, -0.2) is 0 Å². The first-order chi connectivity index (χ1) is 14.6. The molecule has 158 valence electrons. The van der Waals surface area contributed by atoms with Gasteiger partial charge in [-0.3, -0.25) is 19.5 Å². The van der Waals surface area contributed by atoms with Gasteiger partial charge in [0.15, 0.2) is 5.78 Å². The number of furan rings is 1. The Kier molecular flexibility index (Phi) is 6.28. The van der Waals surface area contributed by atoms with Gasteiger partial charge in [0.1, 0.15) is 17.5 Å². The van der Waals surface area contributed by atoms with Gasteiger partial charge in [0.2, 0.25) is 0 Å². The molecule has 1 N–H and O–H groups in total. The van der Waals surface area contributed by atoms with Crippen molar-refractivity contribution in [1.29, 1.82) is 0 Å². The number of likely N-dealkylation sites (tertiary alicyclic amines) is 1. The third kappa shape index (κ3) is 4.46. The maximum Gasteiger partial charge on any atom is 0.267 e. The van der Waals surface area contributed by atoms with Crippen LogP contribution in [0.4, 0.5) is 5.69 Å². The topological polar surface area (TPSA) is 78.1 Å². The van der Waals surface area contributed by atoms with E-state index in [0.29, 0.717) is 18.7 Å². The Bertz CT molecular complexity index is 888. The van der Waals surface area contributed by atoms with Crippen molar-refractivity contribution >= 4 is 23.1 Å². The summed E-state index contributed by atoms with van der Waals surface area (Å²) in [5, 5.41) is 9.19. The number of carbonyl (C=O) groups is 2. The van der Waals surface area contributed by atoms with Crippen LogP contribution in [0.1, 0.15) is 44.4 Å². The summed E-state index contributed by atoms with van der Waals surface area (Å²) < 4.78 is 5.65. The lowest BCUT2D eigenvalue weighted by molar-refractivity contribution is -0.118. The van der Waals surface area contributed by atoms with Crippen LogP contribution in [0.25, 0.3) is 0 Å². The van der Waals surface area contributed by atoms with Gasteiger partial charge in [-0.05, 0) is 57.1 Å². The molecule has 0 unspecified atom stereocenters. The highest BCUT2D eigenvalue weighted by molar-refractivity contribution is 6.40. The van der Waals surface area contributed by atoms with E-state index in [4.69, 9.17) is 4.42 Å². The number of Topliss-reactive ketones (excluding diaryl/α,β-unsaturated/α-hetero) is 1. The quantitative estimate of drug-likeness (QED) is 0.762. The maximum atomic E-state index is 12.9. The van der Waals surface area contributed by atoms with Gasteiger partial charge >= 0.3 is 0 Å². The summed E-state index contributed by atoms with van der Waals surface area (Å²) in [6.45, 7) is 3.98. The third-order valence-corrected chi connectivity index (χ3v) is 5.82. The van der Waals surface area contributed by atoms with E-state index >= 15 is 0 Å². The van der Waals surface area contributed by atoms with Crippen LogP contribution < -0.4 is 10.3 Å². The largest absolute Gasteiger partial charge is 0.468 e. The Balaban J connectivity index is 1.46. The Morgan fingerprint density at radius 2 is 1.90 bits per heavy atom. The molecule has 2 aliphatic rings. The minimum Gasteiger partial charge on any atom is -0.468 e. The van der Waals surface area contributed by atoms with Gasteiger partial charge in [0.25, 0.3) is 5.91 Å². The summed E-state index contributed by atoms with van der Waals surface area (Å²) in [6.07, 6.45) is 5.54. The van der Waals surface area contributed by atoms with Crippen molar-refractivity contribution in [2.24, 2.45) is 5.10 Å². The van der Waals surface area contributed by atoms with Crippen LogP contribution in [0.5, 0.6) is 0 Å². The van der Waals surface area contributed by atoms with Crippen molar-refractivity contribution in [1.82, 2.24) is 10.2 Å². The Labute approximate surface area is 176 Å². The van der Waals surface area contributed by atoms with Crippen molar-refractivity contribution in [2.45, 2.75) is 44.7 Å². The fourth-order valence-corrected chi connectivity index (χ4v) is 4.19. The van der Waals surface area contributed by atoms with E-state index in [2.05, 4.69) is 15.3 Å². The van der Waals surface area contributed by atoms with Crippen molar-refractivity contribution in [3.05, 3.63) is 54.5 Å². The summed E-state index contributed by atoms with van der Waals surface area (Å²) in [7, 11) is 0. The zero-order valence-electron chi connectivity index (χ0n) is 17.3. The maximum absolute atomic E-state index is 12.9. The van der Waals surface area contributed by atoms with Crippen molar-refractivity contribution in [3.63, 3.8) is 0 Å². The van der Waals surface area contributed by atoms with Crippen LogP contribution in [0, 0.1) is 0 Å². The first kappa shape index (κ1) is 20.3. The Morgan fingerprint density at radius 1 is 1.13 bits per heavy atom. The van der Waals surface area contributed by atoms with Gasteiger partial charge in [-0.1, -0.05) is 24.6 Å². The lowest BCUT2D eigenvalue weighted by Crippen LogP contribution is -2.42. The van der Waals surface area contributed by atoms with Gasteiger partial charge in [-0.15, -0.1) is 0 Å². The van der Waals surface area contributed by atoms with E-state index in [1.165, 1.54) is 6.42 Å². The SMILES string of the molecule is CC(=O)[C@@H]1CC(C(=O)NC[C@@H](c2ccco2)N2CCCCC2)=NN1c1ccccc1. The summed E-state index contributed by atoms with van der Waals surface area (Å²) in [5.74, 6) is 0.624. The average molecular weight is 409 g/mol. The van der Waals surface area contributed by atoms with E-state index in [0.717, 1.165) is 37.4 Å². The summed E-state index contributed by atoms with van der Waals surface area (Å²) in [4.78, 5) is 27.4. The molecule has 4 rings (SSSR count). The minimum absolute atomic E-state index is 0.0000773. The predicted octanol–water partition coefficient (Wildman–Crippen LogP) is 3.15. The number of hydrogen-bond acceptors (Lipinski definition) is 6. The highest BCUT2D eigenvalue weighted by Crippen LogP contribution is 2.26. The number of nitrogens with zero attached hydrogens (tertiary/aromatic N) is 3. The minimum atomic E-state index is -0.448. The van der Waals surface area contributed by atoms with E-state index in [-0.39, 0.29) is 17.7 Å². The van der Waals surface area contributed by atoms with Crippen LogP contribution in [-0.4, -0.2) is 48.0 Å². The molecule has 3 heterocycles. The molecule has 7 nitrogen and oxygen atoms in total. The standard InChI is InChI=1S/C23H28N4O3/c1-17(28)20-15-19(25-27(20)18-9-4-2-5-10-18)23(29)24-16-21(22-11-8-14-30-22)26-12-6-3-7-13-26/h2,4-5,8-11,14,20-21H,3,6-7,12-13,15-16H2,1H3,(H,24,29)/t20-,21-/m0/s1. The smallest absolute Gasteiger partial charge is 0.267 e. The van der Waals surface area contributed by atoms with Crippen molar-refractivity contribution < 1.29 is 14.0 Å². The second-order valence-corrected chi connectivity index (χ2v) is 7.90. The highest BCUT2D eigenvalue weighted by Gasteiger charge is 2.34. The molecule has 2 aliphatic heterocycles. The first-order valence-electron chi connectivity index (χ1n) is 10.6. The molecular weight excluding hydrogens is 380 g/mol. The van der Waals surface area contributed by atoms with Crippen LogP contribution in [0.3, 0.4) is 0 Å². The first-order valence-corrected chi connectivity index (χ1v) is 10.6. The number of ketones is 1. The van der Waals surface area contributed by atoms with Gasteiger partial charge in [0, 0.05) is 13.0 Å². The molecule has 0 radical (unpaired) electrons. The van der Waals surface area contributed by atoms with Crippen molar-refractivity contribution in [3.8, 4) is 0 Å². The number of hydrogen-bond donors (Lipinski definition) is 1.